The summed E-state index contributed by atoms with van der Waals surface area (Å²) in [6, 6.07) is 10.7. The van der Waals surface area contributed by atoms with Gasteiger partial charge in [-0.25, -0.2) is 8.42 Å². The van der Waals surface area contributed by atoms with Crippen molar-refractivity contribution in [2.45, 2.75) is 50.6 Å². The second kappa shape index (κ2) is 9.33. The molecule has 0 bridgehead atoms. The molecular weight excluding hydrogens is 446 g/mol. The normalized spacial score (nSPS) is 19.0. The Balaban J connectivity index is 1.47. The Morgan fingerprint density at radius 1 is 1.12 bits per heavy atom. The van der Waals surface area contributed by atoms with Crippen LogP contribution in [-0.2, 0) is 26.2 Å². The first-order valence-electron chi connectivity index (χ1n) is 11.1. The Labute approximate surface area is 193 Å². The van der Waals surface area contributed by atoms with Crippen molar-refractivity contribution in [2.24, 2.45) is 5.92 Å². The van der Waals surface area contributed by atoms with Crippen molar-refractivity contribution in [1.29, 1.82) is 0 Å². The molecule has 2 aliphatic rings. The zero-order valence-electron chi connectivity index (χ0n) is 18.4. The highest BCUT2D eigenvalue weighted by molar-refractivity contribution is 7.89. The average molecular weight is 476 g/mol. The molecule has 1 unspecified atom stereocenters. The molecule has 7 nitrogen and oxygen atoms in total. The van der Waals surface area contributed by atoms with Crippen LogP contribution in [0.15, 0.2) is 46.7 Å². The molecule has 1 aromatic carbocycles. The van der Waals surface area contributed by atoms with Crippen molar-refractivity contribution in [3.63, 3.8) is 0 Å². The molecule has 1 aliphatic carbocycles. The third-order valence-corrected chi connectivity index (χ3v) is 9.07. The predicted octanol–water partition coefficient (Wildman–Crippen LogP) is 3.32. The smallest absolute Gasteiger partial charge is 0.243 e. The summed E-state index contributed by atoms with van der Waals surface area (Å²) in [5, 5.41) is 2.01. The highest BCUT2D eigenvalue weighted by Crippen LogP contribution is 2.34. The number of thiophene rings is 1. The van der Waals surface area contributed by atoms with E-state index in [-0.39, 0.29) is 35.1 Å². The van der Waals surface area contributed by atoms with Gasteiger partial charge in [0.05, 0.1) is 17.4 Å². The third-order valence-electron chi connectivity index (χ3n) is 6.14. The summed E-state index contributed by atoms with van der Waals surface area (Å²) in [6.07, 6.45) is 2.22. The minimum absolute atomic E-state index is 0.0393. The van der Waals surface area contributed by atoms with E-state index in [4.69, 9.17) is 0 Å². The monoisotopic (exact) mass is 475 g/mol. The lowest BCUT2D eigenvalue weighted by atomic mass is 10.1. The first kappa shape index (κ1) is 22.9. The molecule has 2 fully saturated rings. The van der Waals surface area contributed by atoms with Gasteiger partial charge in [0.25, 0.3) is 0 Å². The fourth-order valence-electron chi connectivity index (χ4n) is 4.21. The first-order chi connectivity index (χ1) is 15.3. The lowest BCUT2D eigenvalue weighted by molar-refractivity contribution is -0.137. The van der Waals surface area contributed by atoms with Crippen LogP contribution in [0.5, 0.6) is 0 Å². The van der Waals surface area contributed by atoms with Crippen molar-refractivity contribution < 1.29 is 18.0 Å². The molecule has 172 valence electrons. The third kappa shape index (κ3) is 4.60. The standard InChI is InChI=1S/C23H29N3O4S2/c1-3-24(4-2)32(29,30)21-11-9-18(10-12-21)25-15-17(14-22(25)27)23(28)26(19-7-8-19)16-20-6-5-13-31-20/h5-6,9-13,17,19H,3-4,7-8,14-16H2,1-2H3. The van der Waals surface area contributed by atoms with E-state index in [1.165, 1.54) is 4.31 Å². The number of nitrogens with zero attached hydrogens (tertiary/aromatic N) is 3. The van der Waals surface area contributed by atoms with Crippen molar-refractivity contribution in [3.05, 3.63) is 46.7 Å². The lowest BCUT2D eigenvalue weighted by Gasteiger charge is -2.25. The van der Waals surface area contributed by atoms with Crippen LogP contribution < -0.4 is 4.90 Å². The number of amides is 2. The number of carbonyl (C=O) groups is 2. The van der Waals surface area contributed by atoms with Crippen LogP contribution in [0.4, 0.5) is 5.69 Å². The number of carbonyl (C=O) groups excluding carboxylic acids is 2. The van der Waals surface area contributed by atoms with Gasteiger partial charge in [0, 0.05) is 42.7 Å². The molecule has 0 spiro atoms. The maximum Gasteiger partial charge on any atom is 0.243 e. The second-order valence-electron chi connectivity index (χ2n) is 8.27. The summed E-state index contributed by atoms with van der Waals surface area (Å²) in [4.78, 5) is 30.9. The molecule has 2 amide bonds. The molecule has 9 heteroatoms. The van der Waals surface area contributed by atoms with Gasteiger partial charge in [0.15, 0.2) is 0 Å². The Morgan fingerprint density at radius 3 is 2.38 bits per heavy atom. The molecule has 32 heavy (non-hydrogen) atoms. The summed E-state index contributed by atoms with van der Waals surface area (Å²) in [5.74, 6) is -0.436. The van der Waals surface area contributed by atoms with Crippen LogP contribution in [0, 0.1) is 5.92 Å². The van der Waals surface area contributed by atoms with E-state index in [1.54, 1.807) is 54.3 Å². The molecular formula is C23H29N3O4S2. The van der Waals surface area contributed by atoms with Crippen molar-refractivity contribution in [1.82, 2.24) is 9.21 Å². The summed E-state index contributed by atoms with van der Waals surface area (Å²) in [6.45, 7) is 5.34. The van der Waals surface area contributed by atoms with E-state index >= 15 is 0 Å². The highest BCUT2D eigenvalue weighted by Gasteiger charge is 2.41. The Hall–Kier alpha value is -2.23. The van der Waals surface area contributed by atoms with Crippen molar-refractivity contribution in [2.75, 3.05) is 24.5 Å². The maximum absolute atomic E-state index is 13.3. The minimum atomic E-state index is -3.55. The fourth-order valence-corrected chi connectivity index (χ4v) is 6.37. The van der Waals surface area contributed by atoms with Gasteiger partial charge in [-0.3, -0.25) is 9.59 Å². The summed E-state index contributed by atoms with van der Waals surface area (Å²) in [5.41, 5.74) is 0.625. The quantitative estimate of drug-likeness (QED) is 0.557. The Bertz CT molecular complexity index is 1060. The Kier molecular flexibility index (Phi) is 6.69. The lowest BCUT2D eigenvalue weighted by Crippen LogP contribution is -2.38. The zero-order chi connectivity index (χ0) is 22.9. The molecule has 2 heterocycles. The van der Waals surface area contributed by atoms with Crippen LogP contribution in [0.3, 0.4) is 0 Å². The van der Waals surface area contributed by atoms with Crippen LogP contribution in [-0.4, -0.2) is 55.1 Å². The molecule has 0 radical (unpaired) electrons. The molecule has 1 atom stereocenters. The van der Waals surface area contributed by atoms with Crippen LogP contribution in [0.25, 0.3) is 0 Å². The predicted molar refractivity (Wildman–Crippen MR) is 125 cm³/mol. The van der Waals surface area contributed by atoms with Crippen molar-refractivity contribution >= 4 is 38.9 Å². The zero-order valence-corrected chi connectivity index (χ0v) is 20.1. The molecule has 4 rings (SSSR count). The van der Waals surface area contributed by atoms with Gasteiger partial charge in [-0.15, -0.1) is 11.3 Å². The summed E-state index contributed by atoms with van der Waals surface area (Å²) < 4.78 is 26.8. The molecule has 1 aliphatic heterocycles. The van der Waals surface area contributed by atoms with Crippen LogP contribution in [0.1, 0.15) is 38.0 Å². The summed E-state index contributed by atoms with van der Waals surface area (Å²) in [7, 11) is -3.55. The summed E-state index contributed by atoms with van der Waals surface area (Å²) >= 11 is 1.64. The minimum Gasteiger partial charge on any atom is -0.334 e. The molecule has 1 saturated carbocycles. The van der Waals surface area contributed by atoms with Gasteiger partial charge in [0.1, 0.15) is 0 Å². The van der Waals surface area contributed by atoms with Gasteiger partial charge in [0.2, 0.25) is 21.8 Å². The van der Waals surface area contributed by atoms with Gasteiger partial charge in [-0.2, -0.15) is 4.31 Å². The SMILES string of the molecule is CCN(CC)S(=O)(=O)c1ccc(N2CC(C(=O)N(Cc3cccs3)C3CC3)CC2=O)cc1. The van der Waals surface area contributed by atoms with Gasteiger partial charge in [-0.05, 0) is 48.6 Å². The average Bonchev–Trinajstić information content (AvgIpc) is 3.35. The number of rotatable bonds is 9. The molecule has 2 aromatic rings. The van der Waals surface area contributed by atoms with Gasteiger partial charge in [-0.1, -0.05) is 19.9 Å². The van der Waals surface area contributed by atoms with E-state index in [2.05, 4.69) is 0 Å². The number of hydrogen-bond donors (Lipinski definition) is 0. The highest BCUT2D eigenvalue weighted by atomic mass is 32.2. The maximum atomic E-state index is 13.3. The van der Waals surface area contributed by atoms with Crippen molar-refractivity contribution in [3.8, 4) is 0 Å². The van der Waals surface area contributed by atoms with E-state index in [1.807, 2.05) is 22.4 Å². The largest absolute Gasteiger partial charge is 0.334 e. The number of benzene rings is 1. The van der Waals surface area contributed by atoms with Crippen LogP contribution in [0.2, 0.25) is 0 Å². The van der Waals surface area contributed by atoms with E-state index in [0.717, 1.165) is 17.7 Å². The molecule has 1 saturated heterocycles. The number of hydrogen-bond acceptors (Lipinski definition) is 5. The molecule has 1 aromatic heterocycles. The second-order valence-corrected chi connectivity index (χ2v) is 11.2. The fraction of sp³-hybridized carbons (Fsp3) is 0.478. The first-order valence-corrected chi connectivity index (χ1v) is 13.4. The van der Waals surface area contributed by atoms with E-state index in [0.29, 0.717) is 31.9 Å². The van der Waals surface area contributed by atoms with Crippen LogP contribution >= 0.6 is 11.3 Å². The van der Waals surface area contributed by atoms with E-state index in [9.17, 15) is 18.0 Å². The number of anilines is 1. The molecule has 0 N–H and O–H groups in total. The topological polar surface area (TPSA) is 78.0 Å². The van der Waals surface area contributed by atoms with E-state index < -0.39 is 10.0 Å². The number of sulfonamides is 1. The van der Waals surface area contributed by atoms with Gasteiger partial charge < -0.3 is 9.80 Å². The van der Waals surface area contributed by atoms with Gasteiger partial charge >= 0.3 is 0 Å². The Morgan fingerprint density at radius 2 is 1.81 bits per heavy atom.